The molecular weight excluding hydrogens is 348 g/mol. The van der Waals surface area contributed by atoms with E-state index in [0.717, 1.165) is 0 Å². The Kier molecular flexibility index (Phi) is 7.21. The van der Waals surface area contributed by atoms with Crippen LogP contribution in [0.4, 0.5) is 0 Å². The number of hydrogen-bond acceptors (Lipinski definition) is 2. The van der Waals surface area contributed by atoms with E-state index in [4.69, 9.17) is 4.43 Å². The highest BCUT2D eigenvalue weighted by molar-refractivity contribution is 6.99. The van der Waals surface area contributed by atoms with Gasteiger partial charge in [0.2, 0.25) is 0 Å². The fraction of sp³-hybridized carbons (Fsp3) is 0.417. The van der Waals surface area contributed by atoms with Crippen LogP contribution in [0.2, 0.25) is 5.04 Å². The van der Waals surface area contributed by atoms with Crippen LogP contribution in [-0.2, 0) is 4.43 Å². The minimum atomic E-state index is -2.54. The van der Waals surface area contributed by atoms with Gasteiger partial charge in [-0.1, -0.05) is 101 Å². The summed E-state index contributed by atoms with van der Waals surface area (Å²) in [6.45, 7) is 15.2. The standard InChI is InChI=1S/C24H34O2Si/c1-7-19(2)23(25)20(3)18-26-27(24(4,5)6,21-14-10-8-11-15-21)22-16-12-9-13-17-22/h7-17,19-20,23,25H,1,18H2,2-6H3/t19-,20+,23+/m1/s1. The molecule has 0 radical (unpaired) electrons. The third kappa shape index (κ3) is 4.60. The first-order chi connectivity index (χ1) is 12.7. The molecule has 0 saturated heterocycles. The summed E-state index contributed by atoms with van der Waals surface area (Å²) in [6.07, 6.45) is 1.35. The van der Waals surface area contributed by atoms with Gasteiger partial charge in [0.15, 0.2) is 0 Å². The molecule has 3 atom stereocenters. The lowest BCUT2D eigenvalue weighted by molar-refractivity contribution is 0.0550. The molecule has 2 aromatic rings. The first-order valence-electron chi connectivity index (χ1n) is 9.79. The Hall–Kier alpha value is -1.68. The Morgan fingerprint density at radius 2 is 1.41 bits per heavy atom. The molecule has 0 aromatic heterocycles. The first-order valence-corrected chi connectivity index (χ1v) is 11.7. The fourth-order valence-electron chi connectivity index (χ4n) is 3.77. The summed E-state index contributed by atoms with van der Waals surface area (Å²) >= 11 is 0. The highest BCUT2D eigenvalue weighted by atomic mass is 28.4. The fourth-order valence-corrected chi connectivity index (χ4v) is 8.44. The van der Waals surface area contributed by atoms with Crippen molar-refractivity contribution in [3.63, 3.8) is 0 Å². The lowest BCUT2D eigenvalue weighted by Gasteiger charge is -2.44. The van der Waals surface area contributed by atoms with Crippen molar-refractivity contribution in [2.75, 3.05) is 6.61 Å². The summed E-state index contributed by atoms with van der Waals surface area (Å²) in [5.41, 5.74) is 0. The first kappa shape index (κ1) is 21.6. The van der Waals surface area contributed by atoms with Crippen LogP contribution in [0.25, 0.3) is 0 Å². The van der Waals surface area contributed by atoms with Gasteiger partial charge in [0, 0.05) is 18.4 Å². The smallest absolute Gasteiger partial charge is 0.261 e. The van der Waals surface area contributed by atoms with Gasteiger partial charge in [0.05, 0.1) is 6.10 Å². The van der Waals surface area contributed by atoms with Crippen molar-refractivity contribution in [2.24, 2.45) is 11.8 Å². The van der Waals surface area contributed by atoms with Crippen LogP contribution in [0, 0.1) is 11.8 Å². The lowest BCUT2D eigenvalue weighted by Crippen LogP contribution is -2.67. The second-order valence-corrected chi connectivity index (χ2v) is 12.8. The number of aliphatic hydroxyl groups excluding tert-OH is 1. The SMILES string of the molecule is C=C[C@@H](C)[C@H](O)[C@@H](C)CO[Si](c1ccccc1)(c1ccccc1)C(C)(C)C. The van der Waals surface area contributed by atoms with E-state index in [2.05, 4.69) is 94.9 Å². The van der Waals surface area contributed by atoms with Crippen LogP contribution in [0.3, 0.4) is 0 Å². The maximum Gasteiger partial charge on any atom is 0.261 e. The molecule has 0 aliphatic carbocycles. The monoisotopic (exact) mass is 382 g/mol. The number of hydrogen-bond donors (Lipinski definition) is 1. The van der Waals surface area contributed by atoms with Crippen LogP contribution in [0.1, 0.15) is 34.6 Å². The van der Waals surface area contributed by atoms with Crippen molar-refractivity contribution >= 4 is 18.7 Å². The van der Waals surface area contributed by atoms with Gasteiger partial charge < -0.3 is 9.53 Å². The summed E-state index contributed by atoms with van der Waals surface area (Å²) in [4.78, 5) is 0. The molecule has 2 rings (SSSR count). The Labute approximate surface area is 166 Å². The molecule has 0 aliphatic rings. The molecule has 0 fully saturated rings. The summed E-state index contributed by atoms with van der Waals surface area (Å²) in [7, 11) is -2.54. The summed E-state index contributed by atoms with van der Waals surface area (Å²) in [5, 5.41) is 13.1. The molecule has 2 nitrogen and oxygen atoms in total. The van der Waals surface area contributed by atoms with Crippen molar-refractivity contribution in [3.8, 4) is 0 Å². The zero-order chi connectivity index (χ0) is 20.1. The lowest BCUT2D eigenvalue weighted by atomic mass is 9.94. The van der Waals surface area contributed by atoms with E-state index >= 15 is 0 Å². The Morgan fingerprint density at radius 1 is 0.963 bits per heavy atom. The van der Waals surface area contributed by atoms with Crippen molar-refractivity contribution in [3.05, 3.63) is 73.3 Å². The Morgan fingerprint density at radius 3 is 1.78 bits per heavy atom. The normalized spacial score (nSPS) is 15.8. The minimum Gasteiger partial charge on any atom is -0.407 e. The van der Waals surface area contributed by atoms with Gasteiger partial charge in [0.25, 0.3) is 8.32 Å². The molecule has 3 heteroatoms. The zero-order valence-electron chi connectivity index (χ0n) is 17.4. The van der Waals surface area contributed by atoms with Crippen LogP contribution in [0.5, 0.6) is 0 Å². The van der Waals surface area contributed by atoms with Crippen molar-refractivity contribution in [1.29, 1.82) is 0 Å². The molecule has 0 heterocycles. The number of benzene rings is 2. The van der Waals surface area contributed by atoms with Gasteiger partial charge in [-0.25, -0.2) is 0 Å². The third-order valence-electron chi connectivity index (χ3n) is 5.47. The van der Waals surface area contributed by atoms with E-state index in [1.165, 1.54) is 10.4 Å². The predicted octanol–water partition coefficient (Wildman–Crippen LogP) is 4.38. The van der Waals surface area contributed by atoms with Gasteiger partial charge >= 0.3 is 0 Å². The van der Waals surface area contributed by atoms with E-state index in [0.29, 0.717) is 6.61 Å². The van der Waals surface area contributed by atoms with Gasteiger partial charge in [-0.15, -0.1) is 6.58 Å². The molecule has 0 unspecified atom stereocenters. The average molecular weight is 383 g/mol. The number of rotatable bonds is 8. The molecule has 2 aromatic carbocycles. The molecule has 0 aliphatic heterocycles. The minimum absolute atomic E-state index is 0.0275. The maximum atomic E-state index is 10.6. The van der Waals surface area contributed by atoms with Crippen LogP contribution in [-0.4, -0.2) is 26.1 Å². The van der Waals surface area contributed by atoms with E-state index in [1.54, 1.807) is 0 Å². The van der Waals surface area contributed by atoms with E-state index in [1.807, 2.05) is 13.0 Å². The van der Waals surface area contributed by atoms with Crippen molar-refractivity contribution in [2.45, 2.75) is 45.8 Å². The highest BCUT2D eigenvalue weighted by Crippen LogP contribution is 2.37. The van der Waals surface area contributed by atoms with Gasteiger partial charge in [-0.05, 0) is 15.4 Å². The second kappa shape index (κ2) is 9.00. The third-order valence-corrected chi connectivity index (χ3v) is 10.5. The quantitative estimate of drug-likeness (QED) is 0.542. The topological polar surface area (TPSA) is 29.5 Å². The largest absolute Gasteiger partial charge is 0.407 e. The summed E-state index contributed by atoms with van der Waals surface area (Å²) in [6, 6.07) is 21.2. The van der Waals surface area contributed by atoms with Crippen LogP contribution >= 0.6 is 0 Å². The highest BCUT2D eigenvalue weighted by Gasteiger charge is 2.50. The van der Waals surface area contributed by atoms with Crippen molar-refractivity contribution in [1.82, 2.24) is 0 Å². The second-order valence-electron chi connectivity index (χ2n) is 8.54. The molecular formula is C24H34O2Si. The zero-order valence-corrected chi connectivity index (χ0v) is 18.4. The maximum absolute atomic E-state index is 10.6. The van der Waals surface area contributed by atoms with Crippen LogP contribution in [0.15, 0.2) is 73.3 Å². The van der Waals surface area contributed by atoms with Crippen LogP contribution < -0.4 is 10.4 Å². The predicted molar refractivity (Wildman–Crippen MR) is 118 cm³/mol. The molecule has 0 saturated carbocycles. The Bertz CT molecular complexity index is 667. The molecule has 27 heavy (non-hydrogen) atoms. The van der Waals surface area contributed by atoms with Gasteiger partial charge in [0.1, 0.15) is 0 Å². The molecule has 146 valence electrons. The van der Waals surface area contributed by atoms with E-state index in [9.17, 15) is 5.11 Å². The molecule has 0 spiro atoms. The molecule has 0 amide bonds. The summed E-state index contributed by atoms with van der Waals surface area (Å²) in [5.74, 6) is 0.0717. The van der Waals surface area contributed by atoms with Gasteiger partial charge in [-0.2, -0.15) is 0 Å². The van der Waals surface area contributed by atoms with E-state index in [-0.39, 0.29) is 16.9 Å². The summed E-state index contributed by atoms with van der Waals surface area (Å²) < 4.78 is 6.89. The van der Waals surface area contributed by atoms with Crippen molar-refractivity contribution < 1.29 is 9.53 Å². The number of aliphatic hydroxyl groups is 1. The van der Waals surface area contributed by atoms with Gasteiger partial charge in [-0.3, -0.25) is 0 Å². The molecule has 0 bridgehead atoms. The molecule has 1 N–H and O–H groups in total. The average Bonchev–Trinajstić information content (AvgIpc) is 2.67. The van der Waals surface area contributed by atoms with E-state index < -0.39 is 14.4 Å². The Balaban J connectivity index is 2.48.